The summed E-state index contributed by atoms with van der Waals surface area (Å²) in [7, 11) is 0. The third kappa shape index (κ3) is 4.64. The fraction of sp³-hybridized carbons (Fsp3) is 0.429. The molecule has 112 valence electrons. The van der Waals surface area contributed by atoms with Gasteiger partial charge in [-0.05, 0) is 25.5 Å². The second kappa shape index (κ2) is 6.94. The number of aryl methyl sites for hydroxylation is 1. The summed E-state index contributed by atoms with van der Waals surface area (Å²) >= 11 is 0. The minimum atomic E-state index is -0.428. The van der Waals surface area contributed by atoms with Crippen LogP contribution in [0, 0.1) is 6.92 Å². The van der Waals surface area contributed by atoms with Crippen molar-refractivity contribution in [1.29, 1.82) is 0 Å². The molecule has 2 N–H and O–H groups in total. The van der Waals surface area contributed by atoms with Crippen molar-refractivity contribution < 1.29 is 9.90 Å². The number of amides is 1. The SMILES string of the molecule is Cc1ccc(-c2nnn(CC(=O)NCCC(C)O)n2)cc1. The number of carbonyl (C=O) groups excluding carboxylic acids is 1. The molecular weight excluding hydrogens is 270 g/mol. The van der Waals surface area contributed by atoms with Gasteiger partial charge in [-0.25, -0.2) is 0 Å². The van der Waals surface area contributed by atoms with Crippen molar-refractivity contribution in [3.05, 3.63) is 29.8 Å². The number of tetrazole rings is 1. The molecule has 1 unspecified atom stereocenters. The quantitative estimate of drug-likeness (QED) is 0.809. The molecule has 0 spiro atoms. The number of nitrogens with one attached hydrogen (secondary N) is 1. The zero-order chi connectivity index (χ0) is 15.2. The standard InChI is InChI=1S/C14H19N5O2/c1-10-3-5-12(6-4-10)14-16-18-19(17-14)9-13(21)15-8-7-11(2)20/h3-6,11,20H,7-9H2,1-2H3,(H,15,21). The normalized spacial score (nSPS) is 12.1. The van der Waals surface area contributed by atoms with Crippen molar-refractivity contribution in [2.75, 3.05) is 6.54 Å². The Bertz CT molecular complexity index is 592. The van der Waals surface area contributed by atoms with Crippen molar-refractivity contribution >= 4 is 5.91 Å². The highest BCUT2D eigenvalue weighted by Crippen LogP contribution is 2.13. The molecule has 0 saturated carbocycles. The van der Waals surface area contributed by atoms with E-state index in [1.165, 1.54) is 4.80 Å². The summed E-state index contributed by atoms with van der Waals surface area (Å²) in [4.78, 5) is 12.9. The molecule has 0 saturated heterocycles. The van der Waals surface area contributed by atoms with Gasteiger partial charge in [0.05, 0.1) is 6.10 Å². The monoisotopic (exact) mass is 289 g/mol. The molecule has 1 heterocycles. The second-order valence-electron chi connectivity index (χ2n) is 5.00. The van der Waals surface area contributed by atoms with Crippen LogP contribution in [0.2, 0.25) is 0 Å². The third-order valence-electron chi connectivity index (χ3n) is 2.93. The first kappa shape index (κ1) is 15.1. The molecular formula is C14H19N5O2. The summed E-state index contributed by atoms with van der Waals surface area (Å²) in [6.45, 7) is 4.12. The van der Waals surface area contributed by atoms with E-state index < -0.39 is 6.10 Å². The Morgan fingerprint density at radius 2 is 2.10 bits per heavy atom. The van der Waals surface area contributed by atoms with Gasteiger partial charge in [-0.15, -0.1) is 10.2 Å². The zero-order valence-electron chi connectivity index (χ0n) is 12.2. The average molecular weight is 289 g/mol. The van der Waals surface area contributed by atoms with Gasteiger partial charge >= 0.3 is 0 Å². The lowest BCUT2D eigenvalue weighted by molar-refractivity contribution is -0.122. The van der Waals surface area contributed by atoms with Gasteiger partial charge in [-0.1, -0.05) is 29.8 Å². The van der Waals surface area contributed by atoms with E-state index in [4.69, 9.17) is 5.11 Å². The number of aliphatic hydroxyl groups excluding tert-OH is 1. The largest absolute Gasteiger partial charge is 0.393 e. The number of hydrogen-bond donors (Lipinski definition) is 2. The van der Waals surface area contributed by atoms with E-state index in [-0.39, 0.29) is 12.5 Å². The van der Waals surface area contributed by atoms with E-state index in [2.05, 4.69) is 20.7 Å². The molecule has 2 rings (SSSR count). The molecule has 0 aliphatic carbocycles. The van der Waals surface area contributed by atoms with Crippen LogP contribution < -0.4 is 5.32 Å². The first-order valence-electron chi connectivity index (χ1n) is 6.84. The Morgan fingerprint density at radius 3 is 2.76 bits per heavy atom. The number of carbonyl (C=O) groups is 1. The third-order valence-corrected chi connectivity index (χ3v) is 2.93. The summed E-state index contributed by atoms with van der Waals surface area (Å²) in [5, 5.41) is 23.8. The summed E-state index contributed by atoms with van der Waals surface area (Å²) in [6.07, 6.45) is 0.0912. The van der Waals surface area contributed by atoms with Crippen LogP contribution in [0.4, 0.5) is 0 Å². The summed E-state index contributed by atoms with van der Waals surface area (Å²) in [5.41, 5.74) is 2.02. The van der Waals surface area contributed by atoms with Gasteiger partial charge in [0.2, 0.25) is 11.7 Å². The Balaban J connectivity index is 1.91. The van der Waals surface area contributed by atoms with E-state index in [0.717, 1.165) is 11.1 Å². The van der Waals surface area contributed by atoms with Crippen molar-refractivity contribution in [1.82, 2.24) is 25.5 Å². The Kier molecular flexibility index (Phi) is 4.99. The molecule has 7 heteroatoms. The maximum Gasteiger partial charge on any atom is 0.243 e. The minimum absolute atomic E-state index is 0.0126. The molecule has 2 aromatic rings. The van der Waals surface area contributed by atoms with Crippen LogP contribution in [0.1, 0.15) is 18.9 Å². The van der Waals surface area contributed by atoms with E-state index in [1.807, 2.05) is 31.2 Å². The summed E-state index contributed by atoms with van der Waals surface area (Å²) < 4.78 is 0. The van der Waals surface area contributed by atoms with E-state index >= 15 is 0 Å². The van der Waals surface area contributed by atoms with Gasteiger partial charge in [0.25, 0.3) is 0 Å². The molecule has 0 aliphatic rings. The van der Waals surface area contributed by atoms with E-state index in [1.54, 1.807) is 6.92 Å². The number of aliphatic hydroxyl groups is 1. The highest BCUT2D eigenvalue weighted by molar-refractivity contribution is 5.75. The molecule has 7 nitrogen and oxygen atoms in total. The van der Waals surface area contributed by atoms with Crippen LogP contribution in [0.15, 0.2) is 24.3 Å². The first-order chi connectivity index (χ1) is 10.0. The number of benzene rings is 1. The van der Waals surface area contributed by atoms with Gasteiger partial charge in [-0.2, -0.15) is 4.80 Å². The van der Waals surface area contributed by atoms with E-state index in [9.17, 15) is 4.79 Å². The van der Waals surface area contributed by atoms with Gasteiger partial charge in [0, 0.05) is 12.1 Å². The fourth-order valence-electron chi connectivity index (χ4n) is 1.73. The number of rotatable bonds is 6. The van der Waals surface area contributed by atoms with Gasteiger partial charge < -0.3 is 10.4 Å². The lowest BCUT2D eigenvalue weighted by Gasteiger charge is -2.05. The van der Waals surface area contributed by atoms with Crippen molar-refractivity contribution in [3.8, 4) is 11.4 Å². The van der Waals surface area contributed by atoms with E-state index in [0.29, 0.717) is 18.8 Å². The molecule has 0 aliphatic heterocycles. The summed E-state index contributed by atoms with van der Waals surface area (Å²) in [5.74, 6) is 0.287. The minimum Gasteiger partial charge on any atom is -0.393 e. The van der Waals surface area contributed by atoms with Crippen LogP contribution in [-0.2, 0) is 11.3 Å². The van der Waals surface area contributed by atoms with Crippen LogP contribution in [-0.4, -0.2) is 43.9 Å². The average Bonchev–Trinajstić information content (AvgIpc) is 2.87. The van der Waals surface area contributed by atoms with Crippen molar-refractivity contribution in [2.24, 2.45) is 0 Å². The molecule has 0 bridgehead atoms. The second-order valence-corrected chi connectivity index (χ2v) is 5.00. The molecule has 1 amide bonds. The lowest BCUT2D eigenvalue weighted by atomic mass is 10.1. The smallest absolute Gasteiger partial charge is 0.243 e. The van der Waals surface area contributed by atoms with Crippen LogP contribution in [0.3, 0.4) is 0 Å². The zero-order valence-corrected chi connectivity index (χ0v) is 12.2. The molecule has 0 fully saturated rings. The number of nitrogens with zero attached hydrogens (tertiary/aromatic N) is 4. The molecule has 1 aromatic heterocycles. The van der Waals surface area contributed by atoms with Crippen LogP contribution >= 0.6 is 0 Å². The number of hydrogen-bond acceptors (Lipinski definition) is 5. The molecule has 1 aromatic carbocycles. The highest BCUT2D eigenvalue weighted by atomic mass is 16.3. The fourth-order valence-corrected chi connectivity index (χ4v) is 1.73. The predicted octanol–water partition coefficient (Wildman–Crippen LogP) is 0.536. The summed E-state index contributed by atoms with van der Waals surface area (Å²) in [6, 6.07) is 7.77. The van der Waals surface area contributed by atoms with Crippen molar-refractivity contribution in [2.45, 2.75) is 32.9 Å². The highest BCUT2D eigenvalue weighted by Gasteiger charge is 2.09. The maximum absolute atomic E-state index is 11.7. The van der Waals surface area contributed by atoms with Crippen LogP contribution in [0.25, 0.3) is 11.4 Å². The van der Waals surface area contributed by atoms with Crippen LogP contribution in [0.5, 0.6) is 0 Å². The van der Waals surface area contributed by atoms with Crippen molar-refractivity contribution in [3.63, 3.8) is 0 Å². The molecule has 21 heavy (non-hydrogen) atoms. The maximum atomic E-state index is 11.7. The Labute approximate surface area is 123 Å². The molecule has 1 atom stereocenters. The lowest BCUT2D eigenvalue weighted by Crippen LogP contribution is -2.30. The van der Waals surface area contributed by atoms with Gasteiger partial charge in [0.15, 0.2) is 0 Å². The number of aromatic nitrogens is 4. The van der Waals surface area contributed by atoms with Gasteiger partial charge in [-0.3, -0.25) is 4.79 Å². The van der Waals surface area contributed by atoms with Gasteiger partial charge in [0.1, 0.15) is 6.54 Å². The Morgan fingerprint density at radius 1 is 1.38 bits per heavy atom. The predicted molar refractivity (Wildman–Crippen MR) is 77.3 cm³/mol. The topological polar surface area (TPSA) is 92.9 Å². The molecule has 0 radical (unpaired) electrons. The Hall–Kier alpha value is -2.28. The first-order valence-corrected chi connectivity index (χ1v) is 6.84.